The summed E-state index contributed by atoms with van der Waals surface area (Å²) in [6.45, 7) is 8.69. The molecule has 1 aliphatic rings. The van der Waals surface area contributed by atoms with Crippen LogP contribution in [0.25, 0.3) is 44.3 Å². The maximum atomic E-state index is 6.50. The van der Waals surface area contributed by atoms with E-state index in [0.29, 0.717) is 0 Å². The van der Waals surface area contributed by atoms with Gasteiger partial charge in [0.2, 0.25) is 0 Å². The Morgan fingerprint density at radius 1 is 0.867 bits per heavy atom. The lowest BCUT2D eigenvalue weighted by atomic mass is 9.84. The molecule has 6 rings (SSSR count). The number of nitrogens with zero attached hydrogens (tertiary/aromatic N) is 2. The molecule has 0 radical (unpaired) electrons. The third-order valence-corrected chi connectivity index (χ3v) is 6.52. The molecule has 3 heteroatoms. The molecule has 0 saturated heterocycles. The molecule has 146 valence electrons. The molecule has 30 heavy (non-hydrogen) atoms. The summed E-state index contributed by atoms with van der Waals surface area (Å²) in [5, 5.41) is 2.29. The van der Waals surface area contributed by atoms with Gasteiger partial charge in [0.1, 0.15) is 11.2 Å². The molecule has 3 nitrogen and oxygen atoms in total. The van der Waals surface area contributed by atoms with Gasteiger partial charge in [0, 0.05) is 39.7 Å². The fourth-order valence-corrected chi connectivity index (χ4v) is 4.91. The highest BCUT2D eigenvalue weighted by molar-refractivity contribution is 6.11. The lowest BCUT2D eigenvalue weighted by Crippen LogP contribution is -2.16. The summed E-state index contributed by atoms with van der Waals surface area (Å²) in [4.78, 5) is 9.37. The van der Waals surface area contributed by atoms with Crippen molar-refractivity contribution in [3.63, 3.8) is 0 Å². The largest absolute Gasteiger partial charge is 0.455 e. The Morgan fingerprint density at radius 2 is 1.73 bits per heavy atom. The van der Waals surface area contributed by atoms with E-state index in [9.17, 15) is 0 Å². The standard InChI is InChI=1S/C27H22N2O/c1-15-7-10-22(29-14-15)24-16(2)8-9-17-20-12-21-19(13-23(20)30-25(17)24)18-6-5-11-28-26(18)27(21,3)4/h5-14H,1-4H3. The molecule has 0 N–H and O–H groups in total. The summed E-state index contributed by atoms with van der Waals surface area (Å²) < 4.78 is 6.50. The third-order valence-electron chi connectivity index (χ3n) is 6.52. The molecular weight excluding hydrogens is 368 g/mol. The highest BCUT2D eigenvalue weighted by atomic mass is 16.3. The first-order chi connectivity index (χ1) is 14.4. The molecular formula is C27H22N2O. The Kier molecular flexibility index (Phi) is 3.36. The first kappa shape index (κ1) is 17.4. The van der Waals surface area contributed by atoms with Crippen LogP contribution in [0.2, 0.25) is 0 Å². The number of fused-ring (bicyclic) bond motifs is 6. The van der Waals surface area contributed by atoms with Crippen molar-refractivity contribution in [2.24, 2.45) is 0 Å². The van der Waals surface area contributed by atoms with E-state index in [1.165, 1.54) is 22.3 Å². The summed E-state index contributed by atoms with van der Waals surface area (Å²) >= 11 is 0. The first-order valence-electron chi connectivity index (χ1n) is 10.3. The van der Waals surface area contributed by atoms with Gasteiger partial charge in [-0.1, -0.05) is 38.1 Å². The number of benzene rings is 2. The van der Waals surface area contributed by atoms with Crippen molar-refractivity contribution in [3.8, 4) is 22.4 Å². The maximum absolute atomic E-state index is 6.50. The molecule has 0 unspecified atom stereocenters. The zero-order valence-electron chi connectivity index (χ0n) is 17.6. The van der Waals surface area contributed by atoms with Crippen molar-refractivity contribution in [2.75, 3.05) is 0 Å². The number of aryl methyl sites for hydroxylation is 2. The van der Waals surface area contributed by atoms with Crippen LogP contribution in [0, 0.1) is 13.8 Å². The van der Waals surface area contributed by atoms with Gasteiger partial charge in [-0.05, 0) is 60.4 Å². The minimum Gasteiger partial charge on any atom is -0.455 e. The zero-order chi connectivity index (χ0) is 20.6. The smallest absolute Gasteiger partial charge is 0.145 e. The van der Waals surface area contributed by atoms with Crippen LogP contribution >= 0.6 is 0 Å². The SMILES string of the molecule is Cc1ccc(-c2c(C)ccc3c2oc2cc4c(cc23)C(C)(C)c2ncccc2-4)nc1. The lowest BCUT2D eigenvalue weighted by Gasteiger charge is -2.19. The lowest BCUT2D eigenvalue weighted by molar-refractivity contribution is 0.636. The van der Waals surface area contributed by atoms with Gasteiger partial charge < -0.3 is 4.42 Å². The minimum atomic E-state index is -0.129. The topological polar surface area (TPSA) is 38.9 Å². The minimum absolute atomic E-state index is 0.129. The van der Waals surface area contributed by atoms with Gasteiger partial charge in [-0.3, -0.25) is 9.97 Å². The quantitative estimate of drug-likeness (QED) is 0.310. The average molecular weight is 390 g/mol. The molecule has 0 fully saturated rings. The summed E-state index contributed by atoms with van der Waals surface area (Å²) in [6.07, 6.45) is 3.80. The molecule has 1 aliphatic carbocycles. The highest BCUT2D eigenvalue weighted by Crippen LogP contribution is 2.50. The normalized spacial score (nSPS) is 14.3. The van der Waals surface area contributed by atoms with Gasteiger partial charge in [-0.25, -0.2) is 0 Å². The third kappa shape index (κ3) is 2.20. The van der Waals surface area contributed by atoms with E-state index in [4.69, 9.17) is 9.40 Å². The Balaban J connectivity index is 1.68. The molecule has 0 amide bonds. The fraction of sp³-hybridized carbons (Fsp3) is 0.185. The molecule has 0 atom stereocenters. The molecule has 0 aliphatic heterocycles. The fourth-order valence-electron chi connectivity index (χ4n) is 4.91. The Morgan fingerprint density at radius 3 is 2.53 bits per heavy atom. The molecule has 0 saturated carbocycles. The summed E-state index contributed by atoms with van der Waals surface area (Å²) in [7, 11) is 0. The van der Waals surface area contributed by atoms with Crippen LogP contribution in [0.1, 0.15) is 36.2 Å². The van der Waals surface area contributed by atoms with Crippen molar-refractivity contribution in [3.05, 3.63) is 83.3 Å². The van der Waals surface area contributed by atoms with E-state index in [0.717, 1.165) is 44.5 Å². The van der Waals surface area contributed by atoms with E-state index >= 15 is 0 Å². The molecule has 3 heterocycles. The van der Waals surface area contributed by atoms with E-state index in [1.54, 1.807) is 0 Å². The number of hydrogen-bond donors (Lipinski definition) is 0. The second-order valence-corrected chi connectivity index (χ2v) is 8.88. The van der Waals surface area contributed by atoms with E-state index in [-0.39, 0.29) is 5.41 Å². The molecule has 0 spiro atoms. The summed E-state index contributed by atoms with van der Waals surface area (Å²) in [6, 6.07) is 17.2. The van der Waals surface area contributed by atoms with Crippen LogP contribution in [-0.4, -0.2) is 9.97 Å². The van der Waals surface area contributed by atoms with Crippen LogP contribution in [0.4, 0.5) is 0 Å². The number of furan rings is 1. The van der Waals surface area contributed by atoms with Crippen molar-refractivity contribution in [2.45, 2.75) is 33.1 Å². The van der Waals surface area contributed by atoms with Crippen LogP contribution in [0.3, 0.4) is 0 Å². The first-order valence-corrected chi connectivity index (χ1v) is 10.3. The number of pyridine rings is 2. The maximum Gasteiger partial charge on any atom is 0.145 e. The Labute approximate surface area is 175 Å². The van der Waals surface area contributed by atoms with Crippen molar-refractivity contribution in [1.29, 1.82) is 0 Å². The van der Waals surface area contributed by atoms with Gasteiger partial charge in [-0.2, -0.15) is 0 Å². The van der Waals surface area contributed by atoms with E-state index < -0.39 is 0 Å². The predicted octanol–water partition coefficient (Wildman–Crippen LogP) is 6.97. The van der Waals surface area contributed by atoms with E-state index in [2.05, 4.69) is 75.1 Å². The van der Waals surface area contributed by atoms with Crippen molar-refractivity contribution in [1.82, 2.24) is 9.97 Å². The number of aromatic nitrogens is 2. The van der Waals surface area contributed by atoms with Gasteiger partial charge in [-0.15, -0.1) is 0 Å². The Hall–Kier alpha value is -3.46. The second kappa shape index (κ2) is 5.79. The second-order valence-electron chi connectivity index (χ2n) is 8.88. The summed E-state index contributed by atoms with van der Waals surface area (Å²) in [5.41, 5.74) is 10.9. The van der Waals surface area contributed by atoms with Crippen LogP contribution in [0.15, 0.2) is 65.3 Å². The summed E-state index contributed by atoms with van der Waals surface area (Å²) in [5.74, 6) is 0. The molecule has 3 aromatic heterocycles. The van der Waals surface area contributed by atoms with E-state index in [1.807, 2.05) is 18.5 Å². The van der Waals surface area contributed by atoms with Gasteiger partial charge in [0.05, 0.1) is 11.4 Å². The molecule has 5 aromatic rings. The molecule has 2 aromatic carbocycles. The van der Waals surface area contributed by atoms with Gasteiger partial charge in [0.15, 0.2) is 0 Å². The monoisotopic (exact) mass is 390 g/mol. The van der Waals surface area contributed by atoms with Crippen molar-refractivity contribution >= 4 is 21.9 Å². The number of rotatable bonds is 1. The highest BCUT2D eigenvalue weighted by Gasteiger charge is 2.37. The average Bonchev–Trinajstić information content (AvgIpc) is 3.21. The van der Waals surface area contributed by atoms with Gasteiger partial charge in [0.25, 0.3) is 0 Å². The van der Waals surface area contributed by atoms with Crippen molar-refractivity contribution < 1.29 is 4.42 Å². The zero-order valence-corrected chi connectivity index (χ0v) is 17.6. The van der Waals surface area contributed by atoms with Crippen LogP contribution in [-0.2, 0) is 5.41 Å². The number of hydrogen-bond acceptors (Lipinski definition) is 3. The van der Waals surface area contributed by atoms with Crippen LogP contribution < -0.4 is 0 Å². The van der Waals surface area contributed by atoms with Crippen LogP contribution in [0.5, 0.6) is 0 Å². The predicted molar refractivity (Wildman–Crippen MR) is 122 cm³/mol. The van der Waals surface area contributed by atoms with Gasteiger partial charge >= 0.3 is 0 Å². The molecule has 0 bridgehead atoms. The Bertz CT molecular complexity index is 1470.